The van der Waals surface area contributed by atoms with Crippen LogP contribution in [-0.2, 0) is 0 Å². The monoisotopic (exact) mass is 318 g/mol. The molecule has 0 saturated heterocycles. The van der Waals surface area contributed by atoms with Crippen LogP contribution >= 0.6 is 67.6 Å². The minimum absolute atomic E-state index is 0.904. The van der Waals surface area contributed by atoms with Crippen molar-refractivity contribution >= 4 is 76.3 Å². The first-order valence-corrected chi connectivity index (χ1v) is 9.42. The van der Waals surface area contributed by atoms with E-state index in [0.29, 0.717) is 0 Å². The summed E-state index contributed by atoms with van der Waals surface area (Å²) < 4.78 is 1.81. The lowest BCUT2D eigenvalue weighted by Gasteiger charge is -2.13. The van der Waals surface area contributed by atoms with Gasteiger partial charge in [-0.15, -0.1) is 0 Å². The molecule has 0 heterocycles. The number of hydrogen-bond donors (Lipinski definition) is 0. The molecule has 0 saturated carbocycles. The third kappa shape index (κ3) is 8.93. The Morgan fingerprint density at radius 2 is 1.20 bits per heavy atom. The Bertz CT molecular complexity index is 196. The van der Waals surface area contributed by atoms with E-state index in [-0.39, 0.29) is 0 Å². The summed E-state index contributed by atoms with van der Waals surface area (Å²) in [7, 11) is 14.6. The highest BCUT2D eigenvalue weighted by Crippen LogP contribution is 2.34. The Morgan fingerprint density at radius 1 is 0.867 bits per heavy atom. The van der Waals surface area contributed by atoms with Gasteiger partial charge in [-0.3, -0.25) is 0 Å². The van der Waals surface area contributed by atoms with E-state index in [4.69, 9.17) is 24.4 Å². The van der Waals surface area contributed by atoms with Crippen molar-refractivity contribution in [3.8, 4) is 0 Å². The van der Waals surface area contributed by atoms with Gasteiger partial charge in [0, 0.05) is 28.2 Å². The first-order valence-electron chi connectivity index (χ1n) is 3.96. The highest BCUT2D eigenvalue weighted by atomic mass is 33.1. The van der Waals surface area contributed by atoms with Crippen LogP contribution in [0.4, 0.5) is 0 Å². The molecule has 2 nitrogen and oxygen atoms in total. The molecular formula is C7H14N2S6. The summed E-state index contributed by atoms with van der Waals surface area (Å²) in [6.07, 6.45) is 0. The fraction of sp³-hybridized carbons (Fsp3) is 0.714. The molecule has 0 radical (unpaired) electrons. The van der Waals surface area contributed by atoms with Crippen LogP contribution in [0.3, 0.4) is 0 Å². The predicted molar refractivity (Wildman–Crippen MR) is 87.8 cm³/mol. The maximum atomic E-state index is 5.14. The summed E-state index contributed by atoms with van der Waals surface area (Å²) in [5.74, 6) is 0. The lowest BCUT2D eigenvalue weighted by Crippen LogP contribution is -2.15. The summed E-state index contributed by atoms with van der Waals surface area (Å²) in [6.45, 7) is 0. The van der Waals surface area contributed by atoms with Gasteiger partial charge in [-0.2, -0.15) is 0 Å². The van der Waals surface area contributed by atoms with Crippen molar-refractivity contribution in [3.05, 3.63) is 0 Å². The van der Waals surface area contributed by atoms with Crippen LogP contribution in [0.25, 0.3) is 0 Å². The van der Waals surface area contributed by atoms with Gasteiger partial charge in [0.2, 0.25) is 0 Å². The molecule has 15 heavy (non-hydrogen) atoms. The fourth-order valence-corrected chi connectivity index (χ4v) is 6.01. The van der Waals surface area contributed by atoms with Gasteiger partial charge >= 0.3 is 0 Å². The molecule has 0 aromatic rings. The number of nitrogens with zero attached hydrogens (tertiary/aromatic N) is 2. The molecule has 0 aromatic carbocycles. The molecule has 0 aromatic heterocycles. The van der Waals surface area contributed by atoms with Crippen LogP contribution in [0, 0.1) is 0 Å². The zero-order valence-corrected chi connectivity index (χ0v) is 14.0. The second-order valence-corrected chi connectivity index (χ2v) is 9.07. The van der Waals surface area contributed by atoms with Crippen molar-refractivity contribution in [1.29, 1.82) is 0 Å². The SMILES string of the molecule is CN(C)C(=S)SSCSSC(=S)N(C)C. The summed E-state index contributed by atoms with van der Waals surface area (Å²) in [4.78, 5) is 3.88. The lowest BCUT2D eigenvalue weighted by atomic mass is 11.0. The van der Waals surface area contributed by atoms with E-state index < -0.39 is 0 Å². The van der Waals surface area contributed by atoms with Crippen LogP contribution in [0.2, 0.25) is 0 Å². The molecule has 0 aliphatic rings. The van der Waals surface area contributed by atoms with Gasteiger partial charge in [-0.1, -0.05) is 46.0 Å². The minimum Gasteiger partial charge on any atom is -0.363 e. The van der Waals surface area contributed by atoms with E-state index in [9.17, 15) is 0 Å². The van der Waals surface area contributed by atoms with Gasteiger partial charge in [0.15, 0.2) is 0 Å². The molecule has 0 spiro atoms. The Balaban J connectivity index is 3.40. The highest BCUT2D eigenvalue weighted by Gasteiger charge is 2.03. The fourth-order valence-electron chi connectivity index (χ4n) is 0.318. The molecule has 0 rings (SSSR count). The maximum absolute atomic E-state index is 5.14. The van der Waals surface area contributed by atoms with Gasteiger partial charge in [0.1, 0.15) is 8.64 Å². The smallest absolute Gasteiger partial charge is 0.146 e. The van der Waals surface area contributed by atoms with E-state index in [1.165, 1.54) is 0 Å². The zero-order valence-electron chi connectivity index (χ0n) is 9.05. The van der Waals surface area contributed by atoms with Crippen LogP contribution in [-0.4, -0.2) is 51.7 Å². The molecule has 0 N–H and O–H groups in total. The molecular weight excluding hydrogens is 304 g/mol. The maximum Gasteiger partial charge on any atom is 0.146 e. The summed E-state index contributed by atoms with van der Waals surface area (Å²) >= 11 is 10.3. The van der Waals surface area contributed by atoms with Crippen LogP contribution in [0.5, 0.6) is 0 Å². The average Bonchev–Trinajstić information content (AvgIpc) is 2.16. The van der Waals surface area contributed by atoms with Gasteiger partial charge in [-0.25, -0.2) is 0 Å². The molecule has 0 atom stereocenters. The number of thiocarbonyl (C=S) groups is 2. The van der Waals surface area contributed by atoms with E-state index >= 15 is 0 Å². The molecule has 0 amide bonds. The number of rotatable bonds is 4. The van der Waals surface area contributed by atoms with Crippen LogP contribution in [0.15, 0.2) is 0 Å². The molecule has 8 heteroatoms. The van der Waals surface area contributed by atoms with Crippen molar-refractivity contribution in [2.75, 3.05) is 33.3 Å². The standard InChI is InChI=1S/C7H14N2S6/c1-8(2)6(10)14-12-5-13-15-7(11)9(3)4/h5H2,1-4H3. The normalized spacial score (nSPS) is 9.87. The first-order chi connectivity index (χ1) is 6.95. The van der Waals surface area contributed by atoms with Crippen LogP contribution < -0.4 is 0 Å². The molecule has 0 aliphatic heterocycles. The van der Waals surface area contributed by atoms with Gasteiger partial charge in [0.05, 0.1) is 5.08 Å². The third-order valence-corrected chi connectivity index (χ3v) is 8.36. The Kier molecular flexibility index (Phi) is 9.96. The summed E-state index contributed by atoms with van der Waals surface area (Å²) in [6, 6.07) is 0. The van der Waals surface area contributed by atoms with Gasteiger partial charge in [0.25, 0.3) is 0 Å². The average molecular weight is 319 g/mol. The van der Waals surface area contributed by atoms with E-state index in [1.807, 2.05) is 38.0 Å². The molecule has 0 unspecified atom stereocenters. The van der Waals surface area contributed by atoms with Crippen LogP contribution in [0.1, 0.15) is 0 Å². The second-order valence-electron chi connectivity index (χ2n) is 2.84. The highest BCUT2D eigenvalue weighted by molar-refractivity contribution is 8.91. The summed E-state index contributed by atoms with van der Waals surface area (Å²) in [5.41, 5.74) is 0. The van der Waals surface area contributed by atoms with Crippen molar-refractivity contribution in [1.82, 2.24) is 9.80 Å². The Morgan fingerprint density at radius 3 is 1.47 bits per heavy atom. The van der Waals surface area contributed by atoms with E-state index in [2.05, 4.69) is 0 Å². The quantitative estimate of drug-likeness (QED) is 0.332. The van der Waals surface area contributed by atoms with E-state index in [0.717, 1.165) is 13.7 Å². The molecule has 0 aliphatic carbocycles. The summed E-state index contributed by atoms with van der Waals surface area (Å²) in [5, 5.41) is 0.970. The first kappa shape index (κ1) is 16.2. The zero-order chi connectivity index (χ0) is 11.8. The minimum atomic E-state index is 0.904. The lowest BCUT2D eigenvalue weighted by molar-refractivity contribution is 0.648. The Labute approximate surface area is 118 Å². The molecule has 0 bridgehead atoms. The topological polar surface area (TPSA) is 6.48 Å². The van der Waals surface area contributed by atoms with Crippen molar-refractivity contribution < 1.29 is 0 Å². The van der Waals surface area contributed by atoms with E-state index in [1.54, 1.807) is 43.2 Å². The Hall–Kier alpha value is 1.18. The molecule has 0 fully saturated rings. The largest absolute Gasteiger partial charge is 0.363 e. The van der Waals surface area contributed by atoms with Gasteiger partial charge in [-0.05, 0) is 21.6 Å². The third-order valence-electron chi connectivity index (χ3n) is 1.09. The molecule has 88 valence electrons. The predicted octanol–water partition coefficient (Wildman–Crippen LogP) is 3.40. The number of hydrogen-bond acceptors (Lipinski definition) is 6. The van der Waals surface area contributed by atoms with Crippen molar-refractivity contribution in [2.45, 2.75) is 0 Å². The van der Waals surface area contributed by atoms with Crippen molar-refractivity contribution in [3.63, 3.8) is 0 Å². The van der Waals surface area contributed by atoms with Crippen molar-refractivity contribution in [2.24, 2.45) is 0 Å². The van der Waals surface area contributed by atoms with Gasteiger partial charge < -0.3 is 9.80 Å². The second kappa shape index (κ2) is 9.23.